The molecule has 0 aliphatic carbocycles. The number of benzene rings is 14. The third kappa shape index (κ3) is 5.37. The molecule has 67 heavy (non-hydrogen) atoms. The number of hydrogen-bond acceptors (Lipinski definition) is 1. The van der Waals surface area contributed by atoms with Gasteiger partial charge in [-0.1, -0.05) is 206 Å². The summed E-state index contributed by atoms with van der Waals surface area (Å²) in [4.78, 5) is 0. The highest BCUT2D eigenvalue weighted by molar-refractivity contribution is 6.30. The first-order chi connectivity index (χ1) is 33.2. The Labute approximate surface area is 386 Å². The van der Waals surface area contributed by atoms with E-state index in [2.05, 4.69) is 231 Å². The van der Waals surface area contributed by atoms with Gasteiger partial charge in [-0.3, -0.25) is 0 Å². The van der Waals surface area contributed by atoms with Crippen LogP contribution in [0.2, 0.25) is 0 Å². The molecule has 0 amide bonds. The van der Waals surface area contributed by atoms with Crippen molar-refractivity contribution in [1.29, 1.82) is 0 Å². The van der Waals surface area contributed by atoms with Crippen molar-refractivity contribution >= 4 is 97.3 Å². The van der Waals surface area contributed by atoms with Gasteiger partial charge < -0.3 is 4.42 Å². The summed E-state index contributed by atoms with van der Waals surface area (Å²) < 4.78 is 6.91. The molecule has 15 rings (SSSR count). The lowest BCUT2D eigenvalue weighted by Gasteiger charge is -2.17. The third-order valence-electron chi connectivity index (χ3n) is 14.8. The van der Waals surface area contributed by atoms with Gasteiger partial charge in [-0.15, -0.1) is 0 Å². The largest absolute Gasteiger partial charge is 0.456 e. The van der Waals surface area contributed by atoms with Gasteiger partial charge in [0.15, 0.2) is 0 Å². The molecule has 0 saturated heterocycles. The fraction of sp³-hybridized carbons (Fsp3) is 0. The summed E-state index contributed by atoms with van der Waals surface area (Å²) in [7, 11) is 0. The molecule has 1 heterocycles. The molecule has 15 aromatic rings. The molecule has 14 aromatic carbocycles. The Morgan fingerprint density at radius 1 is 0.194 bits per heavy atom. The highest BCUT2D eigenvalue weighted by Gasteiger charge is 2.21. The van der Waals surface area contributed by atoms with Crippen molar-refractivity contribution in [3.63, 3.8) is 0 Å². The van der Waals surface area contributed by atoms with Crippen molar-refractivity contribution in [2.45, 2.75) is 0 Å². The number of furan rings is 1. The lowest BCUT2D eigenvalue weighted by Crippen LogP contribution is -1.91. The van der Waals surface area contributed by atoms with E-state index in [1.807, 2.05) is 0 Å². The molecule has 1 nitrogen and oxygen atoms in total. The average molecular weight is 847 g/mol. The van der Waals surface area contributed by atoms with Crippen LogP contribution in [0.3, 0.4) is 0 Å². The van der Waals surface area contributed by atoms with Gasteiger partial charge >= 0.3 is 0 Å². The van der Waals surface area contributed by atoms with Crippen molar-refractivity contribution in [3.05, 3.63) is 231 Å². The molecule has 0 unspecified atom stereocenters. The van der Waals surface area contributed by atoms with E-state index in [0.29, 0.717) is 0 Å². The van der Waals surface area contributed by atoms with Crippen LogP contribution in [0.15, 0.2) is 235 Å². The van der Waals surface area contributed by atoms with Crippen LogP contribution in [0.25, 0.3) is 153 Å². The SMILES string of the molecule is c1ccc(-c2ccc3ccc4c(-c5ccc(-c6cc(-c7ccc8ccc9c(-c%10ccccc%10)ccc%10ccc7c8c%109)c7c(c6)oc6cc8ccccc8cc67)cc5)ccc5ccc2c3c54)cc1. The van der Waals surface area contributed by atoms with Gasteiger partial charge in [-0.25, -0.2) is 0 Å². The zero-order chi connectivity index (χ0) is 43.7. The zero-order valence-corrected chi connectivity index (χ0v) is 36.3. The average Bonchev–Trinajstić information content (AvgIpc) is 3.76. The molecule has 1 aromatic heterocycles. The zero-order valence-electron chi connectivity index (χ0n) is 36.3. The number of hydrogen-bond donors (Lipinski definition) is 0. The van der Waals surface area contributed by atoms with Crippen LogP contribution in [0.1, 0.15) is 0 Å². The maximum Gasteiger partial charge on any atom is 0.136 e. The molecule has 0 fully saturated rings. The van der Waals surface area contributed by atoms with Crippen LogP contribution in [-0.4, -0.2) is 0 Å². The fourth-order valence-electron chi connectivity index (χ4n) is 11.6. The van der Waals surface area contributed by atoms with Gasteiger partial charge in [-0.2, -0.15) is 0 Å². The molecular formula is C66H38O. The second-order valence-electron chi connectivity index (χ2n) is 18.3. The normalized spacial score (nSPS) is 12.2. The topological polar surface area (TPSA) is 13.1 Å². The van der Waals surface area contributed by atoms with E-state index in [-0.39, 0.29) is 0 Å². The van der Waals surface area contributed by atoms with Crippen LogP contribution in [0.5, 0.6) is 0 Å². The van der Waals surface area contributed by atoms with E-state index in [0.717, 1.165) is 33.1 Å². The predicted octanol–water partition coefficient (Wildman–Crippen LogP) is 18.9. The van der Waals surface area contributed by atoms with Crippen molar-refractivity contribution in [1.82, 2.24) is 0 Å². The predicted molar refractivity (Wildman–Crippen MR) is 286 cm³/mol. The third-order valence-corrected chi connectivity index (χ3v) is 14.8. The maximum atomic E-state index is 6.91. The minimum atomic E-state index is 0.889. The standard InChI is InChI=1S/C66H38O/c1-3-9-40(10-4-1)50-27-19-43-24-33-56-52(29-21-44-23-31-54(50)62(43)63(44)56)42-17-15-39(16-18-42)49-36-58(66-59-35-47-13-7-8-14-48(47)37-60(59)67-61(66)38-49)53-30-22-46-25-32-55-51(41-11-5-2-6-12-41)28-20-45-26-34-57(53)65(46)64(45)55/h1-38H. The summed E-state index contributed by atoms with van der Waals surface area (Å²) in [6.07, 6.45) is 0. The molecule has 1 heteroatoms. The van der Waals surface area contributed by atoms with Crippen LogP contribution < -0.4 is 0 Å². The van der Waals surface area contributed by atoms with Gasteiger partial charge in [0.05, 0.1) is 0 Å². The summed E-state index contributed by atoms with van der Waals surface area (Å²) in [5, 5.41) is 20.1. The Hall–Kier alpha value is -8.78. The Morgan fingerprint density at radius 3 is 1.10 bits per heavy atom. The van der Waals surface area contributed by atoms with Crippen molar-refractivity contribution < 1.29 is 4.42 Å². The van der Waals surface area contributed by atoms with Crippen molar-refractivity contribution in [2.24, 2.45) is 0 Å². The van der Waals surface area contributed by atoms with Crippen molar-refractivity contribution in [2.75, 3.05) is 0 Å². The molecule has 308 valence electrons. The Bertz CT molecular complexity index is 4460. The van der Waals surface area contributed by atoms with Gasteiger partial charge in [0.2, 0.25) is 0 Å². The lowest BCUT2D eigenvalue weighted by atomic mass is 9.85. The molecule has 0 N–H and O–H groups in total. The second-order valence-corrected chi connectivity index (χ2v) is 18.3. The molecule has 0 spiro atoms. The Balaban J connectivity index is 0.923. The van der Waals surface area contributed by atoms with E-state index in [9.17, 15) is 0 Å². The van der Waals surface area contributed by atoms with Crippen molar-refractivity contribution in [3.8, 4) is 55.6 Å². The first kappa shape index (κ1) is 36.5. The van der Waals surface area contributed by atoms with E-state index in [1.54, 1.807) is 0 Å². The number of fused-ring (bicyclic) bond motifs is 4. The summed E-state index contributed by atoms with van der Waals surface area (Å²) >= 11 is 0. The van der Waals surface area contributed by atoms with Crippen LogP contribution in [0.4, 0.5) is 0 Å². The van der Waals surface area contributed by atoms with E-state index >= 15 is 0 Å². The second kappa shape index (κ2) is 13.9. The minimum Gasteiger partial charge on any atom is -0.456 e. The van der Waals surface area contributed by atoms with Crippen LogP contribution in [-0.2, 0) is 0 Å². The monoisotopic (exact) mass is 846 g/mol. The van der Waals surface area contributed by atoms with Gasteiger partial charge in [0.25, 0.3) is 0 Å². The lowest BCUT2D eigenvalue weighted by molar-refractivity contribution is 0.669. The molecule has 0 atom stereocenters. The minimum absolute atomic E-state index is 0.889. The first-order valence-corrected chi connectivity index (χ1v) is 23.2. The molecular weight excluding hydrogens is 809 g/mol. The summed E-state index contributed by atoms with van der Waals surface area (Å²) in [5.41, 5.74) is 13.9. The Kier molecular flexibility index (Phi) is 7.56. The summed E-state index contributed by atoms with van der Waals surface area (Å²) in [5.74, 6) is 0. The molecule has 0 aliphatic heterocycles. The highest BCUT2D eigenvalue weighted by atomic mass is 16.3. The van der Waals surface area contributed by atoms with Gasteiger partial charge in [0, 0.05) is 10.8 Å². The summed E-state index contributed by atoms with van der Waals surface area (Å²) in [6, 6.07) is 85.3. The molecule has 0 radical (unpaired) electrons. The fourth-order valence-corrected chi connectivity index (χ4v) is 11.6. The first-order valence-electron chi connectivity index (χ1n) is 23.2. The molecule has 0 aliphatic rings. The number of rotatable bonds is 5. The van der Waals surface area contributed by atoms with Gasteiger partial charge in [0.1, 0.15) is 11.2 Å². The van der Waals surface area contributed by atoms with Crippen LogP contribution >= 0.6 is 0 Å². The quantitative estimate of drug-likeness (QED) is 0.157. The van der Waals surface area contributed by atoms with Crippen LogP contribution in [0, 0.1) is 0 Å². The maximum absolute atomic E-state index is 6.91. The van der Waals surface area contributed by atoms with E-state index < -0.39 is 0 Å². The smallest absolute Gasteiger partial charge is 0.136 e. The van der Waals surface area contributed by atoms with Gasteiger partial charge in [-0.05, 0) is 155 Å². The molecule has 0 saturated carbocycles. The summed E-state index contributed by atoms with van der Waals surface area (Å²) in [6.45, 7) is 0. The molecule has 0 bridgehead atoms. The highest BCUT2D eigenvalue weighted by Crippen LogP contribution is 2.48. The van der Waals surface area contributed by atoms with E-state index in [4.69, 9.17) is 4.42 Å². The Morgan fingerprint density at radius 2 is 0.597 bits per heavy atom. The van der Waals surface area contributed by atoms with E-state index in [1.165, 1.54) is 120 Å².